The molecule has 1 aliphatic heterocycles. The first kappa shape index (κ1) is 22.1. The lowest BCUT2D eigenvalue weighted by Gasteiger charge is -2.32. The van der Waals surface area contributed by atoms with Gasteiger partial charge in [0.15, 0.2) is 5.65 Å². The smallest absolute Gasteiger partial charge is 0.242 e. The first-order valence-electron chi connectivity index (χ1n) is 11.3. The number of pyridine rings is 1. The average molecular weight is 437 g/mol. The van der Waals surface area contributed by atoms with E-state index in [1.807, 2.05) is 49.2 Å². The number of carbonyl (C=O) groups excluding carboxylic acids is 1. The van der Waals surface area contributed by atoms with Gasteiger partial charge in [-0.05, 0) is 62.3 Å². The number of aromatic nitrogens is 3. The van der Waals surface area contributed by atoms with Crippen molar-refractivity contribution in [2.45, 2.75) is 39.5 Å². The molecule has 0 saturated carbocycles. The minimum absolute atomic E-state index is 0.212. The van der Waals surface area contributed by atoms with Gasteiger partial charge < -0.3 is 14.4 Å². The zero-order valence-electron chi connectivity index (χ0n) is 19.4. The fourth-order valence-corrected chi connectivity index (χ4v) is 4.58. The van der Waals surface area contributed by atoms with Gasteiger partial charge in [-0.25, -0.2) is 9.67 Å². The lowest BCUT2D eigenvalue weighted by atomic mass is 9.96. The van der Waals surface area contributed by atoms with Crippen molar-refractivity contribution in [2.24, 2.45) is 13.0 Å². The van der Waals surface area contributed by atoms with Crippen molar-refractivity contribution in [3.8, 4) is 11.6 Å². The van der Waals surface area contributed by atoms with Crippen LogP contribution in [-0.4, -0.2) is 52.4 Å². The van der Waals surface area contributed by atoms with Crippen LogP contribution in [0.4, 0.5) is 0 Å². The van der Waals surface area contributed by atoms with Crippen molar-refractivity contribution in [1.82, 2.24) is 19.7 Å². The zero-order valence-corrected chi connectivity index (χ0v) is 19.4. The maximum Gasteiger partial charge on any atom is 0.242 e. The van der Waals surface area contributed by atoms with Gasteiger partial charge in [0.25, 0.3) is 0 Å². The highest BCUT2D eigenvalue weighted by atomic mass is 16.5. The molecule has 170 valence electrons. The molecule has 32 heavy (non-hydrogen) atoms. The molecule has 3 aromatic rings. The predicted octanol–water partition coefficient (Wildman–Crippen LogP) is 3.84. The summed E-state index contributed by atoms with van der Waals surface area (Å²) in [5, 5.41) is 5.34. The van der Waals surface area contributed by atoms with Gasteiger partial charge in [0.05, 0.1) is 19.1 Å². The number of piperidine rings is 1. The van der Waals surface area contributed by atoms with Crippen LogP contribution in [0.2, 0.25) is 0 Å². The number of fused-ring (bicyclic) bond motifs is 1. The molecule has 3 heterocycles. The molecule has 1 saturated heterocycles. The maximum atomic E-state index is 12.9. The zero-order chi connectivity index (χ0) is 22.7. The first-order valence-corrected chi connectivity index (χ1v) is 11.3. The highest BCUT2D eigenvalue weighted by molar-refractivity contribution is 5.86. The fraction of sp³-hybridized carbons (Fsp3) is 0.480. The number of ether oxygens (including phenoxy) is 2. The number of hydrogen-bond donors (Lipinski definition) is 0. The van der Waals surface area contributed by atoms with E-state index in [-0.39, 0.29) is 5.91 Å². The topological polar surface area (TPSA) is 69.5 Å². The largest absolute Gasteiger partial charge is 0.493 e. The summed E-state index contributed by atoms with van der Waals surface area (Å²) >= 11 is 0. The van der Waals surface area contributed by atoms with Crippen LogP contribution < -0.4 is 9.47 Å². The number of para-hydroxylation sites is 1. The third-order valence-corrected chi connectivity index (χ3v) is 6.50. The minimum atomic E-state index is 0.212. The molecule has 0 aliphatic carbocycles. The second-order valence-electron chi connectivity index (χ2n) is 8.58. The van der Waals surface area contributed by atoms with Gasteiger partial charge in [-0.3, -0.25) is 4.79 Å². The summed E-state index contributed by atoms with van der Waals surface area (Å²) in [5.74, 6) is 2.20. The van der Waals surface area contributed by atoms with Gasteiger partial charge in [0, 0.05) is 32.3 Å². The van der Waals surface area contributed by atoms with E-state index in [9.17, 15) is 4.79 Å². The Kier molecular flexibility index (Phi) is 6.63. The fourth-order valence-electron chi connectivity index (χ4n) is 4.58. The maximum absolute atomic E-state index is 12.9. The molecular weight excluding hydrogens is 404 g/mol. The molecule has 0 atom stereocenters. The monoisotopic (exact) mass is 436 g/mol. The second kappa shape index (κ2) is 9.59. The van der Waals surface area contributed by atoms with Gasteiger partial charge in [0.2, 0.25) is 11.8 Å². The Morgan fingerprint density at radius 3 is 2.56 bits per heavy atom. The van der Waals surface area contributed by atoms with Crippen LogP contribution in [0.5, 0.6) is 11.6 Å². The van der Waals surface area contributed by atoms with Crippen molar-refractivity contribution < 1.29 is 14.3 Å². The van der Waals surface area contributed by atoms with Crippen molar-refractivity contribution in [1.29, 1.82) is 0 Å². The van der Waals surface area contributed by atoms with Crippen molar-refractivity contribution in [2.75, 3.05) is 26.8 Å². The number of methoxy groups -OCH3 is 1. The van der Waals surface area contributed by atoms with Crippen molar-refractivity contribution in [3.05, 3.63) is 47.2 Å². The molecule has 1 aliphatic rings. The van der Waals surface area contributed by atoms with Gasteiger partial charge in [-0.2, -0.15) is 0 Å². The van der Waals surface area contributed by atoms with E-state index in [2.05, 4.69) is 12.0 Å². The van der Waals surface area contributed by atoms with Gasteiger partial charge in [-0.1, -0.05) is 18.2 Å². The van der Waals surface area contributed by atoms with E-state index in [0.717, 1.165) is 59.5 Å². The van der Waals surface area contributed by atoms with Crippen LogP contribution in [-0.2, 0) is 18.3 Å². The Balaban J connectivity index is 1.33. The normalized spacial score (nSPS) is 14.7. The minimum Gasteiger partial charge on any atom is -0.493 e. The predicted molar refractivity (Wildman–Crippen MR) is 124 cm³/mol. The lowest BCUT2D eigenvalue weighted by Crippen LogP contribution is -2.39. The molecule has 4 rings (SSSR count). The highest BCUT2D eigenvalue weighted by Gasteiger charge is 2.24. The van der Waals surface area contributed by atoms with Crippen LogP contribution in [0.3, 0.4) is 0 Å². The number of hydrogen-bond acceptors (Lipinski definition) is 5. The van der Waals surface area contributed by atoms with Crippen LogP contribution in [0.1, 0.15) is 36.1 Å². The molecule has 0 spiro atoms. The van der Waals surface area contributed by atoms with Gasteiger partial charge in [0.1, 0.15) is 5.75 Å². The van der Waals surface area contributed by atoms with Gasteiger partial charge >= 0.3 is 0 Å². The molecule has 0 radical (unpaired) electrons. The summed E-state index contributed by atoms with van der Waals surface area (Å²) in [4.78, 5) is 19.6. The molecular formula is C25H32N4O3. The quantitative estimate of drug-likeness (QED) is 0.563. The summed E-state index contributed by atoms with van der Waals surface area (Å²) in [5.41, 5.74) is 3.97. The first-order chi connectivity index (χ1) is 15.5. The van der Waals surface area contributed by atoms with E-state index in [1.54, 1.807) is 11.8 Å². The van der Waals surface area contributed by atoms with Crippen LogP contribution in [0.25, 0.3) is 11.0 Å². The molecule has 1 fully saturated rings. The lowest BCUT2D eigenvalue weighted by molar-refractivity contribution is -0.132. The average Bonchev–Trinajstić information content (AvgIpc) is 3.14. The number of likely N-dealkylation sites (tertiary alicyclic amines) is 1. The molecule has 0 bridgehead atoms. The number of nitrogens with zero attached hydrogens (tertiary/aromatic N) is 4. The van der Waals surface area contributed by atoms with Crippen LogP contribution in [0, 0.1) is 19.8 Å². The Bertz CT molecular complexity index is 1090. The SMILES string of the molecule is COc1nn(C)c2nc(C)c(CCC(=O)N3CCC(COc4ccccc4)CC3)c(C)c12. The second-order valence-corrected chi connectivity index (χ2v) is 8.58. The van der Waals surface area contributed by atoms with Gasteiger partial charge in [-0.15, -0.1) is 5.10 Å². The molecule has 0 N–H and O–H groups in total. The summed E-state index contributed by atoms with van der Waals surface area (Å²) in [6.07, 6.45) is 3.13. The van der Waals surface area contributed by atoms with E-state index in [1.165, 1.54) is 0 Å². The number of aryl methyl sites for hydroxylation is 3. The molecule has 7 nitrogen and oxygen atoms in total. The standard InChI is InChI=1S/C25H32N4O3/c1-17-21(18(2)26-24-23(17)25(31-4)27-28(24)3)10-11-22(30)29-14-12-19(13-15-29)16-32-20-8-6-5-7-9-20/h5-9,19H,10-16H2,1-4H3. The van der Waals surface area contributed by atoms with E-state index < -0.39 is 0 Å². The summed E-state index contributed by atoms with van der Waals surface area (Å²) < 4.78 is 13.1. The molecule has 2 aromatic heterocycles. The van der Waals surface area contributed by atoms with Crippen LogP contribution >= 0.6 is 0 Å². The summed E-state index contributed by atoms with van der Waals surface area (Å²) in [6.45, 7) is 6.38. The third kappa shape index (κ3) is 4.56. The Hall–Kier alpha value is -3.09. The van der Waals surface area contributed by atoms with Crippen molar-refractivity contribution in [3.63, 3.8) is 0 Å². The number of carbonyl (C=O) groups is 1. The molecule has 1 aromatic carbocycles. The number of rotatable bonds is 7. The summed E-state index contributed by atoms with van der Waals surface area (Å²) in [6, 6.07) is 9.92. The Morgan fingerprint density at radius 1 is 1.16 bits per heavy atom. The van der Waals surface area contributed by atoms with E-state index in [0.29, 0.717) is 31.2 Å². The highest BCUT2D eigenvalue weighted by Crippen LogP contribution is 2.30. The van der Waals surface area contributed by atoms with E-state index >= 15 is 0 Å². The molecule has 1 amide bonds. The van der Waals surface area contributed by atoms with E-state index in [4.69, 9.17) is 14.5 Å². The van der Waals surface area contributed by atoms with Crippen LogP contribution in [0.15, 0.2) is 30.3 Å². The Labute approximate surface area is 189 Å². The number of amides is 1. The number of benzene rings is 1. The Morgan fingerprint density at radius 2 is 1.88 bits per heavy atom. The van der Waals surface area contributed by atoms with Crippen molar-refractivity contribution >= 4 is 16.9 Å². The third-order valence-electron chi connectivity index (χ3n) is 6.50. The summed E-state index contributed by atoms with van der Waals surface area (Å²) in [7, 11) is 3.49. The molecule has 7 heteroatoms. The molecule has 0 unspecified atom stereocenters.